The molecule has 0 amide bonds. The minimum Gasteiger partial charge on any atom is -0.454 e. The monoisotopic (exact) mass is 509 g/mol. The molecule has 4 aliphatic rings. The van der Waals surface area contributed by atoms with Gasteiger partial charge in [0.15, 0.2) is 22.8 Å². The molecule has 1 saturated heterocycles. The second kappa shape index (κ2) is 7.10. The lowest BCUT2D eigenvalue weighted by Crippen LogP contribution is -2.77. The Morgan fingerprint density at radius 3 is 2.54 bits per heavy atom. The number of carbonyl (C=O) groups is 3. The van der Waals surface area contributed by atoms with E-state index in [0.29, 0.717) is 12.8 Å². The van der Waals surface area contributed by atoms with Crippen LogP contribution in [0, 0.1) is 11.3 Å². The summed E-state index contributed by atoms with van der Waals surface area (Å²) in [6.07, 6.45) is 1.82. The summed E-state index contributed by atoms with van der Waals surface area (Å²) >= 11 is 0. The van der Waals surface area contributed by atoms with Crippen molar-refractivity contribution in [2.24, 2.45) is 11.3 Å². The molecule has 2 aromatic rings. The van der Waals surface area contributed by atoms with E-state index in [1.54, 1.807) is 0 Å². The van der Waals surface area contributed by atoms with E-state index in [4.69, 9.17) is 9.47 Å². The number of aromatic amines is 1. The number of Topliss-reactive ketones (excluding diaryl/α,β-unsaturated/α-hetero) is 2. The molecular weight excluding hydrogens is 474 g/mol. The first-order chi connectivity index (χ1) is 17.2. The Hall–Kier alpha value is -2.55. The number of nitrogens with one attached hydrogen (secondary N) is 1. The lowest BCUT2D eigenvalue weighted by Gasteiger charge is -2.66. The lowest BCUT2D eigenvalue weighted by atomic mass is 9.40. The zero-order chi connectivity index (χ0) is 26.8. The molecule has 1 aromatic heterocycles. The molecule has 2 saturated carbocycles. The molecular formula is C29H35NO7. The summed E-state index contributed by atoms with van der Waals surface area (Å²) in [4.78, 5) is 42.6. The number of rotatable bonds is 2. The fourth-order valence-corrected chi connectivity index (χ4v) is 8.59. The molecule has 3 fully saturated rings. The van der Waals surface area contributed by atoms with Gasteiger partial charge in [-0.2, -0.15) is 0 Å². The van der Waals surface area contributed by atoms with Crippen LogP contribution in [0.2, 0.25) is 0 Å². The van der Waals surface area contributed by atoms with Crippen LogP contribution in [0.3, 0.4) is 0 Å². The van der Waals surface area contributed by atoms with Crippen LogP contribution in [0.25, 0.3) is 10.9 Å². The topological polar surface area (TPSA) is 126 Å². The summed E-state index contributed by atoms with van der Waals surface area (Å²) < 4.78 is 11.5. The predicted octanol–water partition coefficient (Wildman–Crippen LogP) is 3.25. The molecule has 6 rings (SSSR count). The Bertz CT molecular complexity index is 1380. The van der Waals surface area contributed by atoms with Crippen molar-refractivity contribution < 1.29 is 34.1 Å². The van der Waals surface area contributed by atoms with E-state index >= 15 is 0 Å². The number of aromatic nitrogens is 1. The largest absolute Gasteiger partial charge is 0.454 e. The summed E-state index contributed by atoms with van der Waals surface area (Å²) in [6.45, 7) is 8.12. The fourth-order valence-electron chi connectivity index (χ4n) is 8.59. The number of ether oxygens (including phenoxy) is 2. The molecule has 1 aliphatic heterocycles. The summed E-state index contributed by atoms with van der Waals surface area (Å²) in [5.41, 5.74) is -3.45. The van der Waals surface area contributed by atoms with E-state index in [-0.39, 0.29) is 18.8 Å². The number of hydrogen-bond acceptors (Lipinski definition) is 7. The number of aliphatic hydroxyl groups is 2. The molecule has 3 N–H and O–H groups in total. The highest BCUT2D eigenvalue weighted by molar-refractivity contribution is 6.01. The number of esters is 1. The molecule has 6 atom stereocenters. The highest BCUT2D eigenvalue weighted by Crippen LogP contribution is 2.71. The molecule has 0 radical (unpaired) electrons. The van der Waals surface area contributed by atoms with Crippen molar-refractivity contribution in [1.82, 2.24) is 4.98 Å². The normalized spacial score (nSPS) is 41.1. The molecule has 8 heteroatoms. The van der Waals surface area contributed by atoms with Crippen LogP contribution in [0.4, 0.5) is 0 Å². The molecule has 3 aliphatic carbocycles. The first-order valence-corrected chi connectivity index (χ1v) is 13.2. The molecule has 0 bridgehead atoms. The smallest absolute Gasteiger partial charge is 0.303 e. The first kappa shape index (κ1) is 24.8. The van der Waals surface area contributed by atoms with Crippen molar-refractivity contribution in [3.8, 4) is 0 Å². The van der Waals surface area contributed by atoms with Gasteiger partial charge in [-0.05, 0) is 57.1 Å². The molecule has 1 spiro atoms. The van der Waals surface area contributed by atoms with Crippen LogP contribution in [0.1, 0.15) is 78.0 Å². The lowest BCUT2D eigenvalue weighted by molar-refractivity contribution is -0.335. The minimum atomic E-state index is -2.57. The third-order valence-electron chi connectivity index (χ3n) is 10.8. The van der Waals surface area contributed by atoms with Crippen molar-refractivity contribution in [3.63, 3.8) is 0 Å². The van der Waals surface area contributed by atoms with Crippen molar-refractivity contribution >= 4 is 28.4 Å². The zero-order valence-corrected chi connectivity index (χ0v) is 22.1. The first-order valence-electron chi connectivity index (χ1n) is 13.2. The SMILES string of the molecule is CC(=O)OC(C)(C)C1(O)OC2(CC1=O)C(=O)CCC1(C)C3(C)c4[nH]c5ccccc5c4CC3CCC21O. The van der Waals surface area contributed by atoms with Gasteiger partial charge in [0.25, 0.3) is 5.79 Å². The van der Waals surface area contributed by atoms with E-state index in [2.05, 4.69) is 18.0 Å². The van der Waals surface area contributed by atoms with Crippen LogP contribution in [0.5, 0.6) is 0 Å². The summed E-state index contributed by atoms with van der Waals surface area (Å²) in [5, 5.41) is 25.5. The number of fused-ring (bicyclic) bond motifs is 8. The van der Waals surface area contributed by atoms with E-state index in [1.165, 1.54) is 31.7 Å². The van der Waals surface area contributed by atoms with E-state index in [1.807, 2.05) is 25.1 Å². The fraction of sp³-hybridized carbons (Fsp3) is 0.621. The van der Waals surface area contributed by atoms with E-state index in [9.17, 15) is 24.6 Å². The Morgan fingerprint density at radius 2 is 1.84 bits per heavy atom. The van der Waals surface area contributed by atoms with Gasteiger partial charge in [-0.1, -0.05) is 32.0 Å². The average molecular weight is 510 g/mol. The van der Waals surface area contributed by atoms with Gasteiger partial charge in [0.1, 0.15) is 5.60 Å². The highest BCUT2D eigenvalue weighted by atomic mass is 16.7. The third kappa shape index (κ3) is 2.62. The Kier molecular flexibility index (Phi) is 4.75. The third-order valence-corrected chi connectivity index (χ3v) is 10.8. The summed E-state index contributed by atoms with van der Waals surface area (Å²) in [5.74, 6) is -4.19. The van der Waals surface area contributed by atoms with Gasteiger partial charge in [-0.3, -0.25) is 14.4 Å². The molecule has 8 nitrogen and oxygen atoms in total. The number of benzene rings is 1. The van der Waals surface area contributed by atoms with Crippen LogP contribution in [0.15, 0.2) is 24.3 Å². The Balaban J connectivity index is 1.51. The van der Waals surface area contributed by atoms with Crippen LogP contribution in [-0.2, 0) is 35.7 Å². The molecule has 37 heavy (non-hydrogen) atoms. The standard InChI is InChI=1S/C29H35NO7/c1-16(31)36-24(2,3)29(35)22(33)15-27(37-29)21(32)11-12-25(4)26(5)17(10-13-28(25,27)34)14-19-18-8-6-7-9-20(18)30-23(19)26/h6-9,17,30,34-35H,10-15H2,1-5H3. The van der Waals surface area contributed by atoms with Crippen molar-refractivity contribution in [1.29, 1.82) is 0 Å². The van der Waals surface area contributed by atoms with Gasteiger partial charge in [0, 0.05) is 40.8 Å². The van der Waals surface area contributed by atoms with Crippen LogP contribution < -0.4 is 0 Å². The maximum Gasteiger partial charge on any atom is 0.303 e. The number of para-hydroxylation sites is 1. The van der Waals surface area contributed by atoms with E-state index in [0.717, 1.165) is 17.6 Å². The predicted molar refractivity (Wildman–Crippen MR) is 134 cm³/mol. The van der Waals surface area contributed by atoms with E-state index < -0.39 is 57.4 Å². The number of carbonyl (C=O) groups excluding carboxylic acids is 3. The summed E-state index contributed by atoms with van der Waals surface area (Å²) in [6, 6.07) is 8.18. The molecule has 1 aromatic carbocycles. The van der Waals surface area contributed by atoms with Crippen molar-refractivity contribution in [2.45, 2.75) is 101 Å². The molecule has 198 valence electrons. The van der Waals surface area contributed by atoms with Gasteiger partial charge in [-0.25, -0.2) is 0 Å². The molecule has 2 heterocycles. The van der Waals surface area contributed by atoms with Crippen molar-refractivity contribution in [2.75, 3.05) is 0 Å². The van der Waals surface area contributed by atoms with Gasteiger partial charge in [0.05, 0.1) is 6.42 Å². The number of H-pyrrole nitrogens is 1. The maximum absolute atomic E-state index is 13.7. The van der Waals surface area contributed by atoms with Gasteiger partial charge >= 0.3 is 5.97 Å². The molecule has 6 unspecified atom stereocenters. The summed E-state index contributed by atoms with van der Waals surface area (Å²) in [7, 11) is 0. The zero-order valence-electron chi connectivity index (χ0n) is 22.1. The second-order valence-corrected chi connectivity index (χ2v) is 12.6. The average Bonchev–Trinajstić information content (AvgIpc) is 3.43. The maximum atomic E-state index is 13.7. The Morgan fingerprint density at radius 1 is 1.14 bits per heavy atom. The van der Waals surface area contributed by atoms with Crippen LogP contribution >= 0.6 is 0 Å². The van der Waals surface area contributed by atoms with Gasteiger partial charge in [0.2, 0.25) is 0 Å². The number of ketones is 2. The highest BCUT2D eigenvalue weighted by Gasteiger charge is 2.80. The van der Waals surface area contributed by atoms with Gasteiger partial charge in [-0.15, -0.1) is 0 Å². The quantitative estimate of drug-likeness (QED) is 0.531. The number of hydrogen-bond donors (Lipinski definition) is 3. The van der Waals surface area contributed by atoms with Crippen LogP contribution in [-0.4, -0.2) is 55.3 Å². The van der Waals surface area contributed by atoms with Gasteiger partial charge < -0.3 is 24.7 Å². The minimum absolute atomic E-state index is 0.105. The second-order valence-electron chi connectivity index (χ2n) is 12.6. The van der Waals surface area contributed by atoms with Crippen molar-refractivity contribution in [3.05, 3.63) is 35.5 Å². The Labute approximate surface area is 215 Å².